The van der Waals surface area contributed by atoms with Crippen molar-refractivity contribution in [2.75, 3.05) is 0 Å². The number of benzene rings is 5. The number of esters is 1. The number of fused-ring (bicyclic) bond motifs is 10. The number of aromatic hydroxyl groups is 2. The lowest BCUT2D eigenvalue weighted by Crippen LogP contribution is -2.33. The molecule has 0 aliphatic carbocycles. The molecule has 0 saturated heterocycles. The zero-order valence-corrected chi connectivity index (χ0v) is 18.5. The van der Waals surface area contributed by atoms with Gasteiger partial charge in [0.2, 0.25) is 0 Å². The van der Waals surface area contributed by atoms with Gasteiger partial charge in [-0.1, -0.05) is 12.1 Å². The molecule has 0 saturated carbocycles. The minimum absolute atomic E-state index is 0.0254. The molecule has 0 unspecified atom stereocenters. The van der Waals surface area contributed by atoms with Crippen molar-refractivity contribution in [1.82, 2.24) is 0 Å². The van der Waals surface area contributed by atoms with Gasteiger partial charge in [-0.25, -0.2) is 9.59 Å². The van der Waals surface area contributed by atoms with Crippen molar-refractivity contribution in [1.29, 1.82) is 0 Å². The molecule has 5 aromatic rings. The van der Waals surface area contributed by atoms with Crippen LogP contribution < -0.4 is 4.74 Å². The van der Waals surface area contributed by atoms with E-state index in [1.807, 2.05) is 0 Å². The molecular formula is C29H16O7. The van der Waals surface area contributed by atoms with Gasteiger partial charge in [-0.3, -0.25) is 0 Å². The Morgan fingerprint density at radius 2 is 1.28 bits per heavy atom. The molecule has 3 N–H and O–H groups in total. The van der Waals surface area contributed by atoms with Gasteiger partial charge in [-0.2, -0.15) is 0 Å². The fourth-order valence-electron chi connectivity index (χ4n) is 5.39. The molecule has 36 heavy (non-hydrogen) atoms. The molecule has 0 bridgehead atoms. The van der Waals surface area contributed by atoms with Gasteiger partial charge in [0.05, 0.1) is 11.1 Å². The summed E-state index contributed by atoms with van der Waals surface area (Å²) in [6.07, 6.45) is 0. The first kappa shape index (κ1) is 20.3. The summed E-state index contributed by atoms with van der Waals surface area (Å²) in [6.45, 7) is 0. The third-order valence-electron chi connectivity index (χ3n) is 6.98. The monoisotopic (exact) mass is 476 g/mol. The van der Waals surface area contributed by atoms with Gasteiger partial charge in [0.15, 0.2) is 5.60 Å². The highest BCUT2D eigenvalue weighted by atomic mass is 16.6. The van der Waals surface area contributed by atoms with E-state index in [0.717, 1.165) is 0 Å². The first-order valence-corrected chi connectivity index (χ1v) is 11.2. The SMILES string of the molecule is O=C(O)c1ccc2c(c1)C1(OC2=O)c2ccc3cc(O)ccc3c2Oc2c1ccc1cc(O)ccc21. The number of ether oxygens (including phenoxy) is 2. The van der Waals surface area contributed by atoms with Crippen LogP contribution in [-0.2, 0) is 10.3 Å². The van der Waals surface area contributed by atoms with Gasteiger partial charge < -0.3 is 24.8 Å². The van der Waals surface area contributed by atoms with Crippen molar-refractivity contribution in [3.63, 3.8) is 0 Å². The Morgan fingerprint density at radius 3 is 1.83 bits per heavy atom. The minimum atomic E-state index is -1.46. The number of hydrogen-bond acceptors (Lipinski definition) is 6. The van der Waals surface area contributed by atoms with Crippen LogP contribution in [0, 0.1) is 0 Å². The quantitative estimate of drug-likeness (QED) is 0.267. The van der Waals surface area contributed by atoms with Crippen LogP contribution in [0.15, 0.2) is 78.9 Å². The Bertz CT molecular complexity index is 1730. The molecule has 2 aliphatic rings. The molecule has 0 radical (unpaired) electrons. The van der Waals surface area contributed by atoms with E-state index in [-0.39, 0.29) is 22.6 Å². The zero-order chi connectivity index (χ0) is 24.8. The number of aromatic carboxylic acids is 1. The van der Waals surface area contributed by atoms with E-state index in [9.17, 15) is 24.9 Å². The predicted octanol–water partition coefficient (Wildman–Crippen LogP) is 5.67. The summed E-state index contributed by atoms with van der Waals surface area (Å²) in [7, 11) is 0. The number of carboxylic acid groups (broad SMARTS) is 1. The van der Waals surface area contributed by atoms with E-state index in [1.165, 1.54) is 18.2 Å². The Balaban J connectivity index is 1.65. The molecule has 2 aliphatic heterocycles. The first-order valence-electron chi connectivity index (χ1n) is 11.2. The zero-order valence-electron chi connectivity index (χ0n) is 18.5. The van der Waals surface area contributed by atoms with Crippen LogP contribution >= 0.6 is 0 Å². The van der Waals surface area contributed by atoms with Crippen LogP contribution in [0.25, 0.3) is 21.5 Å². The van der Waals surface area contributed by atoms with Gasteiger partial charge in [0.1, 0.15) is 23.0 Å². The Morgan fingerprint density at radius 1 is 0.694 bits per heavy atom. The molecule has 0 aromatic heterocycles. The van der Waals surface area contributed by atoms with Gasteiger partial charge in [-0.15, -0.1) is 0 Å². The van der Waals surface area contributed by atoms with Crippen LogP contribution in [0.4, 0.5) is 0 Å². The summed E-state index contributed by atoms with van der Waals surface area (Å²) in [5.41, 5.74) is 0.336. The van der Waals surface area contributed by atoms with Gasteiger partial charge >= 0.3 is 11.9 Å². The van der Waals surface area contributed by atoms with E-state index >= 15 is 0 Å². The maximum Gasteiger partial charge on any atom is 0.340 e. The number of hydrogen-bond donors (Lipinski definition) is 3. The largest absolute Gasteiger partial charge is 0.508 e. The summed E-state index contributed by atoms with van der Waals surface area (Å²) in [5, 5.41) is 32.5. The van der Waals surface area contributed by atoms with E-state index in [2.05, 4.69) is 0 Å². The molecule has 7 rings (SSSR count). The lowest BCUT2D eigenvalue weighted by atomic mass is 9.76. The molecule has 7 nitrogen and oxygen atoms in total. The van der Waals surface area contributed by atoms with Crippen molar-refractivity contribution in [3.05, 3.63) is 107 Å². The van der Waals surface area contributed by atoms with Crippen molar-refractivity contribution in [2.24, 2.45) is 0 Å². The Labute approximate surface area is 203 Å². The number of phenolic OH excluding ortho intramolecular Hbond substituents is 2. The summed E-state index contributed by atoms with van der Waals surface area (Å²) < 4.78 is 12.7. The third kappa shape index (κ3) is 2.51. The second-order valence-electron chi connectivity index (χ2n) is 8.93. The van der Waals surface area contributed by atoms with Crippen LogP contribution in [-0.4, -0.2) is 27.3 Å². The second-order valence-corrected chi connectivity index (χ2v) is 8.93. The van der Waals surface area contributed by atoms with Crippen LogP contribution in [0.3, 0.4) is 0 Å². The van der Waals surface area contributed by atoms with E-state index < -0.39 is 17.5 Å². The number of carboxylic acids is 1. The lowest BCUT2D eigenvalue weighted by Gasteiger charge is -2.37. The second kappa shape index (κ2) is 6.76. The van der Waals surface area contributed by atoms with Crippen LogP contribution in [0.5, 0.6) is 23.0 Å². The number of rotatable bonds is 1. The highest BCUT2D eigenvalue weighted by Crippen LogP contribution is 2.59. The highest BCUT2D eigenvalue weighted by Gasteiger charge is 2.54. The van der Waals surface area contributed by atoms with Crippen LogP contribution in [0.1, 0.15) is 37.4 Å². The van der Waals surface area contributed by atoms with E-state index in [0.29, 0.717) is 49.7 Å². The first-order chi connectivity index (χ1) is 17.4. The molecule has 0 fully saturated rings. The van der Waals surface area contributed by atoms with Crippen molar-refractivity contribution in [2.45, 2.75) is 5.60 Å². The Kier molecular flexibility index (Phi) is 3.82. The van der Waals surface area contributed by atoms with E-state index in [1.54, 1.807) is 60.7 Å². The standard InChI is InChI=1S/C29H16O7/c30-17-4-7-19-14(11-17)2-9-22-25(19)35-26-20-8-5-18(31)12-15(20)3-10-23(26)29(22)24-13-16(27(32)33)1-6-21(24)28(34)36-29/h1-13,30-31H,(H,32,33). The fourth-order valence-corrected chi connectivity index (χ4v) is 5.39. The molecule has 174 valence electrons. The summed E-state index contributed by atoms with van der Waals surface area (Å²) >= 11 is 0. The average molecular weight is 476 g/mol. The topological polar surface area (TPSA) is 113 Å². The molecule has 1 spiro atoms. The molecular weight excluding hydrogens is 460 g/mol. The minimum Gasteiger partial charge on any atom is -0.508 e. The van der Waals surface area contributed by atoms with Crippen molar-refractivity contribution < 1.29 is 34.4 Å². The maximum absolute atomic E-state index is 13.2. The van der Waals surface area contributed by atoms with Gasteiger partial charge in [0.25, 0.3) is 0 Å². The average Bonchev–Trinajstić information content (AvgIpc) is 3.15. The predicted molar refractivity (Wildman–Crippen MR) is 130 cm³/mol. The third-order valence-corrected chi connectivity index (χ3v) is 6.98. The number of phenols is 2. The van der Waals surface area contributed by atoms with Crippen LogP contribution in [0.2, 0.25) is 0 Å². The summed E-state index contributed by atoms with van der Waals surface area (Å²) in [5.74, 6) is -0.639. The molecule has 5 aromatic carbocycles. The number of carbonyl (C=O) groups is 2. The smallest absolute Gasteiger partial charge is 0.340 e. The lowest BCUT2D eigenvalue weighted by molar-refractivity contribution is 0.0226. The summed E-state index contributed by atoms with van der Waals surface area (Å²) in [6, 6.07) is 21.3. The van der Waals surface area contributed by atoms with Crippen molar-refractivity contribution >= 4 is 33.5 Å². The fraction of sp³-hybridized carbons (Fsp3) is 0.0345. The molecule has 2 heterocycles. The van der Waals surface area contributed by atoms with Gasteiger partial charge in [-0.05, 0) is 77.5 Å². The normalized spacial score (nSPS) is 14.7. The highest BCUT2D eigenvalue weighted by molar-refractivity contribution is 6.02. The number of carbonyl (C=O) groups excluding carboxylic acids is 1. The van der Waals surface area contributed by atoms with E-state index in [4.69, 9.17) is 9.47 Å². The van der Waals surface area contributed by atoms with Gasteiger partial charge in [0, 0.05) is 27.5 Å². The maximum atomic E-state index is 13.2. The molecule has 0 amide bonds. The molecule has 7 heteroatoms. The summed E-state index contributed by atoms with van der Waals surface area (Å²) in [4.78, 5) is 25.0. The molecule has 0 atom stereocenters. The van der Waals surface area contributed by atoms with Crippen molar-refractivity contribution in [3.8, 4) is 23.0 Å². The Hall–Kier alpha value is -5.04.